The molecule has 0 saturated carbocycles. The van der Waals surface area contributed by atoms with Crippen LogP contribution in [0.4, 0.5) is 0 Å². The molecule has 0 saturated heterocycles. The molecule has 2 aromatic rings. The molecule has 7 heteroatoms. The second-order valence-electron chi connectivity index (χ2n) is 4.56. The van der Waals surface area contributed by atoms with E-state index in [0.717, 1.165) is 6.42 Å². The summed E-state index contributed by atoms with van der Waals surface area (Å²) < 4.78 is 1.27. The Labute approximate surface area is 120 Å². The van der Waals surface area contributed by atoms with E-state index in [2.05, 4.69) is 10.3 Å². The van der Waals surface area contributed by atoms with Gasteiger partial charge in [0.2, 0.25) is 5.91 Å². The summed E-state index contributed by atoms with van der Waals surface area (Å²) in [6.07, 6.45) is 2.33. The van der Waals surface area contributed by atoms with E-state index in [1.165, 1.54) is 22.2 Å². The highest BCUT2D eigenvalue weighted by Gasteiger charge is 2.10. The summed E-state index contributed by atoms with van der Waals surface area (Å²) in [5.74, 6) is -0.307. The summed E-state index contributed by atoms with van der Waals surface area (Å²) in [7, 11) is 0. The minimum atomic E-state index is -0.543. The first-order valence-electron chi connectivity index (χ1n) is 6.49. The predicted molar refractivity (Wildman–Crippen MR) is 77.8 cm³/mol. The van der Waals surface area contributed by atoms with Crippen molar-refractivity contribution in [2.75, 3.05) is 6.54 Å². The summed E-state index contributed by atoms with van der Waals surface area (Å²) in [5.41, 5.74) is -0.222. The zero-order valence-electron chi connectivity index (χ0n) is 11.2. The standard InChI is InChI=1S/C13H17N3O3S/c1-2-3-9(17)6-14-11(18)7-16-8-15-12-10(13(16)19)4-5-20-12/h4-5,8-9,17H,2-3,6-7H2,1H3,(H,14,18). The maximum atomic E-state index is 12.1. The Morgan fingerprint density at radius 2 is 2.40 bits per heavy atom. The highest BCUT2D eigenvalue weighted by atomic mass is 32.1. The first-order chi connectivity index (χ1) is 9.61. The molecule has 20 heavy (non-hydrogen) atoms. The number of carbonyl (C=O) groups excluding carboxylic acids is 1. The van der Waals surface area contributed by atoms with Crippen LogP contribution in [0.3, 0.4) is 0 Å². The molecule has 1 amide bonds. The number of nitrogens with one attached hydrogen (secondary N) is 1. The van der Waals surface area contributed by atoms with Crippen LogP contribution in [0.15, 0.2) is 22.6 Å². The van der Waals surface area contributed by atoms with E-state index in [4.69, 9.17) is 0 Å². The number of thiophene rings is 1. The fourth-order valence-corrected chi connectivity index (χ4v) is 2.61. The quantitative estimate of drug-likeness (QED) is 0.823. The van der Waals surface area contributed by atoms with E-state index < -0.39 is 6.10 Å². The van der Waals surface area contributed by atoms with E-state index in [-0.39, 0.29) is 24.6 Å². The molecule has 108 valence electrons. The van der Waals surface area contributed by atoms with Crippen LogP contribution in [0, 0.1) is 0 Å². The monoisotopic (exact) mass is 295 g/mol. The third-order valence-corrected chi connectivity index (χ3v) is 3.74. The molecule has 1 atom stereocenters. The summed E-state index contributed by atoms with van der Waals surface area (Å²) in [4.78, 5) is 28.6. The summed E-state index contributed by atoms with van der Waals surface area (Å²) in [5, 5.41) is 14.5. The third-order valence-electron chi connectivity index (χ3n) is 2.92. The van der Waals surface area contributed by atoms with Crippen molar-refractivity contribution in [1.29, 1.82) is 0 Å². The first kappa shape index (κ1) is 14.7. The van der Waals surface area contributed by atoms with Gasteiger partial charge in [-0.3, -0.25) is 14.2 Å². The topological polar surface area (TPSA) is 84.2 Å². The SMILES string of the molecule is CCCC(O)CNC(=O)Cn1cnc2sccc2c1=O. The molecule has 0 fully saturated rings. The van der Waals surface area contributed by atoms with Crippen LogP contribution in [0.5, 0.6) is 0 Å². The van der Waals surface area contributed by atoms with Crippen molar-refractivity contribution in [1.82, 2.24) is 14.9 Å². The molecule has 0 spiro atoms. The zero-order chi connectivity index (χ0) is 14.5. The lowest BCUT2D eigenvalue weighted by atomic mass is 10.2. The molecule has 2 rings (SSSR count). The number of aliphatic hydroxyl groups excluding tert-OH is 1. The van der Waals surface area contributed by atoms with Gasteiger partial charge in [0.05, 0.1) is 17.8 Å². The molecule has 0 aliphatic carbocycles. The third kappa shape index (κ3) is 3.43. The number of carbonyl (C=O) groups is 1. The molecule has 6 nitrogen and oxygen atoms in total. The molecule has 0 aromatic carbocycles. The van der Waals surface area contributed by atoms with Crippen LogP contribution in [0.2, 0.25) is 0 Å². The van der Waals surface area contributed by atoms with Gasteiger partial charge in [-0.1, -0.05) is 13.3 Å². The fourth-order valence-electron chi connectivity index (χ4n) is 1.88. The van der Waals surface area contributed by atoms with Crippen LogP contribution in [0.1, 0.15) is 19.8 Å². The molecule has 2 aromatic heterocycles. The van der Waals surface area contributed by atoms with Crippen molar-refractivity contribution in [3.05, 3.63) is 28.1 Å². The Morgan fingerprint density at radius 1 is 1.60 bits per heavy atom. The molecule has 0 aliphatic heterocycles. The van der Waals surface area contributed by atoms with Crippen molar-refractivity contribution in [3.63, 3.8) is 0 Å². The molecule has 0 bridgehead atoms. The molecule has 2 N–H and O–H groups in total. The lowest BCUT2D eigenvalue weighted by Crippen LogP contribution is -2.36. The Hall–Kier alpha value is -1.73. The average molecular weight is 295 g/mol. The smallest absolute Gasteiger partial charge is 0.262 e. The van der Waals surface area contributed by atoms with Crippen molar-refractivity contribution in [2.45, 2.75) is 32.4 Å². The number of nitrogens with zero attached hydrogens (tertiary/aromatic N) is 2. The van der Waals surface area contributed by atoms with Gasteiger partial charge < -0.3 is 10.4 Å². The van der Waals surface area contributed by atoms with Crippen LogP contribution < -0.4 is 10.9 Å². The van der Waals surface area contributed by atoms with Gasteiger partial charge in [0, 0.05) is 6.54 Å². The molecule has 0 radical (unpaired) electrons. The Bertz CT molecular complexity index is 650. The lowest BCUT2D eigenvalue weighted by Gasteiger charge is -2.11. The summed E-state index contributed by atoms with van der Waals surface area (Å²) >= 11 is 1.39. The van der Waals surface area contributed by atoms with Gasteiger partial charge >= 0.3 is 0 Å². The number of fused-ring (bicyclic) bond motifs is 1. The minimum Gasteiger partial charge on any atom is -0.391 e. The van der Waals surface area contributed by atoms with Crippen LogP contribution >= 0.6 is 11.3 Å². The summed E-state index contributed by atoms with van der Waals surface area (Å²) in [6, 6.07) is 1.70. The molecular formula is C13H17N3O3S. The molecule has 1 unspecified atom stereocenters. The Morgan fingerprint density at radius 3 is 3.15 bits per heavy atom. The molecular weight excluding hydrogens is 278 g/mol. The number of hydrogen-bond acceptors (Lipinski definition) is 5. The van der Waals surface area contributed by atoms with Crippen molar-refractivity contribution in [3.8, 4) is 0 Å². The number of rotatable bonds is 6. The normalized spacial score (nSPS) is 12.5. The highest BCUT2D eigenvalue weighted by molar-refractivity contribution is 7.16. The number of hydrogen-bond donors (Lipinski definition) is 2. The Kier molecular flexibility index (Phi) is 4.86. The van der Waals surface area contributed by atoms with Gasteiger partial charge in [0.25, 0.3) is 5.56 Å². The second kappa shape index (κ2) is 6.62. The highest BCUT2D eigenvalue weighted by Crippen LogP contribution is 2.13. The number of aliphatic hydroxyl groups is 1. The fraction of sp³-hybridized carbons (Fsp3) is 0.462. The van der Waals surface area contributed by atoms with Crippen molar-refractivity contribution in [2.24, 2.45) is 0 Å². The van der Waals surface area contributed by atoms with E-state index in [1.807, 2.05) is 6.92 Å². The minimum absolute atomic E-state index is 0.0868. The maximum absolute atomic E-state index is 12.1. The van der Waals surface area contributed by atoms with Crippen molar-refractivity contribution < 1.29 is 9.90 Å². The maximum Gasteiger partial charge on any atom is 0.262 e. The van der Waals surface area contributed by atoms with E-state index in [0.29, 0.717) is 16.6 Å². The lowest BCUT2D eigenvalue weighted by molar-refractivity contribution is -0.122. The van der Waals surface area contributed by atoms with Gasteiger partial charge in [-0.2, -0.15) is 0 Å². The van der Waals surface area contributed by atoms with Crippen LogP contribution in [0.25, 0.3) is 10.2 Å². The largest absolute Gasteiger partial charge is 0.391 e. The van der Waals surface area contributed by atoms with Gasteiger partial charge in [0.1, 0.15) is 11.4 Å². The Balaban J connectivity index is 1.99. The van der Waals surface area contributed by atoms with E-state index >= 15 is 0 Å². The second-order valence-corrected chi connectivity index (χ2v) is 5.46. The van der Waals surface area contributed by atoms with Crippen molar-refractivity contribution >= 4 is 27.5 Å². The van der Waals surface area contributed by atoms with E-state index in [9.17, 15) is 14.7 Å². The van der Waals surface area contributed by atoms with Gasteiger partial charge in [-0.05, 0) is 17.9 Å². The predicted octanol–water partition coefficient (Wildman–Crippen LogP) is 0.735. The van der Waals surface area contributed by atoms with Crippen LogP contribution in [-0.4, -0.2) is 33.2 Å². The summed E-state index contributed by atoms with van der Waals surface area (Å²) in [6.45, 7) is 2.08. The number of amides is 1. The zero-order valence-corrected chi connectivity index (χ0v) is 12.0. The number of aromatic nitrogens is 2. The molecule has 0 aliphatic rings. The van der Waals surface area contributed by atoms with Gasteiger partial charge in [-0.25, -0.2) is 4.98 Å². The average Bonchev–Trinajstić information content (AvgIpc) is 2.89. The first-order valence-corrected chi connectivity index (χ1v) is 7.37. The van der Waals surface area contributed by atoms with Crippen LogP contribution in [-0.2, 0) is 11.3 Å². The van der Waals surface area contributed by atoms with Gasteiger partial charge in [-0.15, -0.1) is 11.3 Å². The van der Waals surface area contributed by atoms with E-state index in [1.54, 1.807) is 11.4 Å². The molecule has 2 heterocycles. The van der Waals surface area contributed by atoms with Gasteiger partial charge in [0.15, 0.2) is 0 Å².